The molecule has 2 aromatic carbocycles. The SMILES string of the molecule is Cc1ccc(-n2nccn2)c(C(=O)N(C)CCN(C)c2nc3ccccc3o2)c1. The molecule has 0 saturated carbocycles. The fourth-order valence-electron chi connectivity index (χ4n) is 3.06. The number of aromatic nitrogens is 4. The Labute approximate surface area is 168 Å². The number of carbonyl (C=O) groups is 1. The van der Waals surface area contributed by atoms with E-state index in [1.54, 1.807) is 24.3 Å². The Morgan fingerprint density at radius 2 is 1.83 bits per heavy atom. The zero-order valence-electron chi connectivity index (χ0n) is 16.6. The molecular weight excluding hydrogens is 368 g/mol. The van der Waals surface area contributed by atoms with Crippen molar-refractivity contribution in [3.05, 3.63) is 66.0 Å². The molecule has 4 rings (SSSR count). The summed E-state index contributed by atoms with van der Waals surface area (Å²) >= 11 is 0. The number of hydrogen-bond donors (Lipinski definition) is 0. The van der Waals surface area contributed by atoms with Crippen molar-refractivity contribution in [1.82, 2.24) is 24.9 Å². The van der Waals surface area contributed by atoms with Gasteiger partial charge in [0.15, 0.2) is 5.58 Å². The lowest BCUT2D eigenvalue weighted by Crippen LogP contribution is -2.35. The third-order valence-corrected chi connectivity index (χ3v) is 4.74. The van der Waals surface area contributed by atoms with E-state index in [0.717, 1.165) is 16.7 Å². The average Bonchev–Trinajstić information content (AvgIpc) is 3.40. The molecule has 0 atom stereocenters. The maximum atomic E-state index is 13.1. The Bertz CT molecular complexity index is 1100. The smallest absolute Gasteiger partial charge is 0.298 e. The average molecular weight is 390 g/mol. The highest BCUT2D eigenvalue weighted by atomic mass is 16.4. The van der Waals surface area contributed by atoms with Crippen molar-refractivity contribution in [2.24, 2.45) is 0 Å². The molecule has 29 heavy (non-hydrogen) atoms. The van der Waals surface area contributed by atoms with Crippen LogP contribution in [0.1, 0.15) is 15.9 Å². The van der Waals surface area contributed by atoms with Crippen molar-refractivity contribution in [3.8, 4) is 5.69 Å². The van der Waals surface area contributed by atoms with Crippen molar-refractivity contribution in [2.75, 3.05) is 32.1 Å². The highest BCUT2D eigenvalue weighted by Crippen LogP contribution is 2.21. The van der Waals surface area contributed by atoms with Gasteiger partial charge in [-0.25, -0.2) is 0 Å². The predicted octanol–water partition coefficient (Wildman–Crippen LogP) is 2.93. The molecule has 0 aliphatic carbocycles. The number of nitrogens with zero attached hydrogens (tertiary/aromatic N) is 6. The van der Waals surface area contributed by atoms with Gasteiger partial charge in [0.1, 0.15) is 5.52 Å². The summed E-state index contributed by atoms with van der Waals surface area (Å²) < 4.78 is 5.78. The number of rotatable bonds is 6. The molecule has 8 nitrogen and oxygen atoms in total. The minimum absolute atomic E-state index is 0.0908. The van der Waals surface area contributed by atoms with Gasteiger partial charge in [0.2, 0.25) is 0 Å². The van der Waals surface area contributed by atoms with Crippen LogP contribution in [0.4, 0.5) is 6.01 Å². The monoisotopic (exact) mass is 390 g/mol. The van der Waals surface area contributed by atoms with Gasteiger partial charge in [0, 0.05) is 27.2 Å². The van der Waals surface area contributed by atoms with Gasteiger partial charge in [0.05, 0.1) is 23.6 Å². The van der Waals surface area contributed by atoms with Crippen molar-refractivity contribution in [3.63, 3.8) is 0 Å². The third-order valence-electron chi connectivity index (χ3n) is 4.74. The van der Waals surface area contributed by atoms with E-state index in [0.29, 0.717) is 30.4 Å². The first-order valence-corrected chi connectivity index (χ1v) is 9.32. The summed E-state index contributed by atoms with van der Waals surface area (Å²) in [5.41, 5.74) is 3.78. The van der Waals surface area contributed by atoms with Gasteiger partial charge in [-0.15, -0.1) is 0 Å². The number of para-hydroxylation sites is 2. The first-order valence-electron chi connectivity index (χ1n) is 9.32. The van der Waals surface area contributed by atoms with Crippen LogP contribution in [0, 0.1) is 6.92 Å². The third kappa shape index (κ3) is 3.82. The number of benzene rings is 2. The standard InChI is InChI=1S/C21H22N6O2/c1-15-8-9-18(27-22-10-11-23-27)16(14-15)20(28)25(2)12-13-26(3)21-24-17-6-4-5-7-19(17)29-21/h4-11,14H,12-13H2,1-3H3. The van der Waals surface area contributed by atoms with E-state index in [9.17, 15) is 4.79 Å². The van der Waals surface area contributed by atoms with Gasteiger partial charge in [-0.05, 0) is 31.2 Å². The number of fused-ring (bicyclic) bond motifs is 1. The fourth-order valence-corrected chi connectivity index (χ4v) is 3.06. The van der Waals surface area contributed by atoms with Gasteiger partial charge >= 0.3 is 0 Å². The Balaban J connectivity index is 1.48. The van der Waals surface area contributed by atoms with Crippen LogP contribution in [-0.2, 0) is 0 Å². The molecule has 0 radical (unpaired) electrons. The van der Waals surface area contributed by atoms with Crippen LogP contribution in [0.25, 0.3) is 16.8 Å². The summed E-state index contributed by atoms with van der Waals surface area (Å²) in [4.78, 5) is 22.6. The molecule has 0 N–H and O–H groups in total. The van der Waals surface area contributed by atoms with E-state index in [1.807, 2.05) is 61.3 Å². The largest absolute Gasteiger partial charge is 0.423 e. The normalized spacial score (nSPS) is 11.0. The second kappa shape index (κ2) is 7.75. The second-order valence-electron chi connectivity index (χ2n) is 6.95. The van der Waals surface area contributed by atoms with Gasteiger partial charge in [0.25, 0.3) is 11.9 Å². The predicted molar refractivity (Wildman–Crippen MR) is 110 cm³/mol. The molecule has 0 spiro atoms. The Kier molecular flexibility index (Phi) is 4.99. The Hall–Kier alpha value is -3.68. The van der Waals surface area contributed by atoms with E-state index < -0.39 is 0 Å². The van der Waals surface area contributed by atoms with Crippen LogP contribution in [0.2, 0.25) is 0 Å². The van der Waals surface area contributed by atoms with E-state index >= 15 is 0 Å². The molecule has 0 fully saturated rings. The number of amides is 1. The van der Waals surface area contributed by atoms with Gasteiger partial charge < -0.3 is 14.2 Å². The second-order valence-corrected chi connectivity index (χ2v) is 6.95. The lowest BCUT2D eigenvalue weighted by molar-refractivity contribution is 0.0798. The Morgan fingerprint density at radius 3 is 2.59 bits per heavy atom. The minimum Gasteiger partial charge on any atom is -0.423 e. The molecule has 2 heterocycles. The molecule has 8 heteroatoms. The van der Waals surface area contributed by atoms with E-state index in [1.165, 1.54) is 4.80 Å². The number of hydrogen-bond acceptors (Lipinski definition) is 6. The summed E-state index contributed by atoms with van der Waals surface area (Å²) in [6.45, 7) is 3.04. The minimum atomic E-state index is -0.0908. The molecule has 0 bridgehead atoms. The molecule has 0 aliphatic heterocycles. The summed E-state index contributed by atoms with van der Waals surface area (Å²) in [6.07, 6.45) is 3.18. The molecule has 0 unspecified atom stereocenters. The van der Waals surface area contributed by atoms with Crippen LogP contribution in [-0.4, -0.2) is 58.0 Å². The van der Waals surface area contributed by atoms with Crippen molar-refractivity contribution < 1.29 is 9.21 Å². The van der Waals surface area contributed by atoms with Crippen LogP contribution in [0.3, 0.4) is 0 Å². The quantitative estimate of drug-likeness (QED) is 0.504. The zero-order chi connectivity index (χ0) is 20.4. The van der Waals surface area contributed by atoms with Crippen molar-refractivity contribution in [2.45, 2.75) is 6.92 Å². The van der Waals surface area contributed by atoms with Crippen LogP contribution < -0.4 is 4.90 Å². The van der Waals surface area contributed by atoms with Crippen molar-refractivity contribution in [1.29, 1.82) is 0 Å². The number of aryl methyl sites for hydroxylation is 1. The summed E-state index contributed by atoms with van der Waals surface area (Å²) in [5, 5.41) is 8.32. The van der Waals surface area contributed by atoms with Gasteiger partial charge in [-0.1, -0.05) is 23.8 Å². The van der Waals surface area contributed by atoms with Gasteiger partial charge in [-0.3, -0.25) is 4.79 Å². The van der Waals surface area contributed by atoms with Crippen molar-refractivity contribution >= 4 is 23.0 Å². The fraction of sp³-hybridized carbons (Fsp3) is 0.238. The maximum Gasteiger partial charge on any atom is 0.298 e. The van der Waals surface area contributed by atoms with Crippen LogP contribution >= 0.6 is 0 Å². The van der Waals surface area contributed by atoms with E-state index in [-0.39, 0.29) is 5.91 Å². The van der Waals surface area contributed by atoms with E-state index in [4.69, 9.17) is 4.42 Å². The number of likely N-dealkylation sites (N-methyl/N-ethyl adjacent to an activating group) is 2. The van der Waals surface area contributed by atoms with Crippen LogP contribution in [0.5, 0.6) is 0 Å². The first kappa shape index (κ1) is 18.7. The summed E-state index contributed by atoms with van der Waals surface area (Å²) in [7, 11) is 3.68. The lowest BCUT2D eigenvalue weighted by atomic mass is 10.1. The summed E-state index contributed by atoms with van der Waals surface area (Å²) in [5.74, 6) is -0.0908. The maximum absolute atomic E-state index is 13.1. The molecule has 2 aromatic heterocycles. The van der Waals surface area contributed by atoms with E-state index in [2.05, 4.69) is 15.2 Å². The molecule has 0 aliphatic rings. The number of oxazole rings is 1. The molecule has 0 saturated heterocycles. The van der Waals surface area contributed by atoms with Gasteiger partial charge in [-0.2, -0.15) is 20.0 Å². The topological polar surface area (TPSA) is 80.3 Å². The van der Waals surface area contributed by atoms with Crippen LogP contribution in [0.15, 0.2) is 59.3 Å². The molecular formula is C21H22N6O2. The molecule has 4 aromatic rings. The number of anilines is 1. The highest BCUT2D eigenvalue weighted by Gasteiger charge is 2.19. The molecule has 1 amide bonds. The molecule has 148 valence electrons. The Morgan fingerprint density at radius 1 is 1.07 bits per heavy atom. The lowest BCUT2D eigenvalue weighted by Gasteiger charge is -2.22. The highest BCUT2D eigenvalue weighted by molar-refractivity contribution is 5.97. The number of carbonyl (C=O) groups excluding carboxylic acids is 1. The summed E-state index contributed by atoms with van der Waals surface area (Å²) in [6, 6.07) is 13.8. The first-order chi connectivity index (χ1) is 14.0. The zero-order valence-corrected chi connectivity index (χ0v) is 16.6.